The van der Waals surface area contributed by atoms with Crippen LogP contribution in [0.2, 0.25) is 0 Å². The Morgan fingerprint density at radius 1 is 1.18 bits per heavy atom. The molecule has 1 atom stereocenters. The van der Waals surface area contributed by atoms with Crippen LogP contribution in [-0.2, 0) is 11.3 Å². The highest BCUT2D eigenvalue weighted by atomic mass is 16.5. The molecule has 0 aromatic heterocycles. The van der Waals surface area contributed by atoms with E-state index in [1.165, 1.54) is 5.56 Å². The molecule has 1 fully saturated rings. The van der Waals surface area contributed by atoms with Gasteiger partial charge in [-0.3, -0.25) is 4.79 Å². The molecule has 1 unspecified atom stereocenters. The Labute approximate surface area is 166 Å². The summed E-state index contributed by atoms with van der Waals surface area (Å²) < 4.78 is 5.73. The van der Waals surface area contributed by atoms with Gasteiger partial charge in [-0.2, -0.15) is 5.26 Å². The quantitative estimate of drug-likeness (QED) is 0.639. The minimum Gasteiger partial charge on any atom is -0.494 e. The lowest BCUT2D eigenvalue weighted by molar-refractivity contribution is -0.128. The van der Waals surface area contributed by atoms with Gasteiger partial charge in [-0.25, -0.2) is 0 Å². The maximum absolute atomic E-state index is 12.1. The molecule has 1 amide bonds. The Kier molecular flexibility index (Phi) is 7.45. The molecule has 1 aliphatic rings. The van der Waals surface area contributed by atoms with Gasteiger partial charge in [0.2, 0.25) is 5.91 Å². The van der Waals surface area contributed by atoms with Crippen molar-refractivity contribution in [2.75, 3.05) is 19.7 Å². The van der Waals surface area contributed by atoms with Crippen molar-refractivity contribution < 1.29 is 9.53 Å². The Hall–Kier alpha value is -2.84. The number of amides is 1. The molecule has 0 spiro atoms. The van der Waals surface area contributed by atoms with E-state index in [2.05, 4.69) is 29.6 Å². The summed E-state index contributed by atoms with van der Waals surface area (Å²) in [5.41, 5.74) is 2.32. The maximum Gasteiger partial charge on any atom is 0.222 e. The Morgan fingerprint density at radius 3 is 2.79 bits per heavy atom. The van der Waals surface area contributed by atoms with Crippen LogP contribution in [0.3, 0.4) is 0 Å². The van der Waals surface area contributed by atoms with E-state index in [4.69, 9.17) is 10.00 Å². The van der Waals surface area contributed by atoms with Gasteiger partial charge in [0, 0.05) is 32.5 Å². The first-order valence-electron chi connectivity index (χ1n) is 9.91. The maximum atomic E-state index is 12.1. The lowest BCUT2D eigenvalue weighted by Crippen LogP contribution is -2.35. The van der Waals surface area contributed by atoms with E-state index in [0.29, 0.717) is 32.5 Å². The first kappa shape index (κ1) is 19.9. The summed E-state index contributed by atoms with van der Waals surface area (Å²) >= 11 is 0. The summed E-state index contributed by atoms with van der Waals surface area (Å²) in [6.45, 7) is 2.77. The molecule has 0 saturated carbocycles. The summed E-state index contributed by atoms with van der Waals surface area (Å²) in [6, 6.07) is 20.5. The SMILES string of the molecule is N#CCCCOc1cccc(CNC(CN2CCCC2=O)c2ccccc2)c1. The first-order chi connectivity index (χ1) is 13.8. The average Bonchev–Trinajstić information content (AvgIpc) is 3.14. The van der Waals surface area contributed by atoms with Crippen LogP contribution in [0.4, 0.5) is 0 Å². The van der Waals surface area contributed by atoms with Gasteiger partial charge in [0.15, 0.2) is 0 Å². The van der Waals surface area contributed by atoms with Crippen LogP contribution >= 0.6 is 0 Å². The Bertz CT molecular complexity index is 801. The van der Waals surface area contributed by atoms with Crippen LogP contribution < -0.4 is 10.1 Å². The van der Waals surface area contributed by atoms with Crippen LogP contribution in [0.1, 0.15) is 42.9 Å². The predicted molar refractivity (Wildman–Crippen MR) is 109 cm³/mol. The van der Waals surface area contributed by atoms with Crippen LogP contribution in [0.5, 0.6) is 5.75 Å². The lowest BCUT2D eigenvalue weighted by Gasteiger charge is -2.25. The normalized spacial score (nSPS) is 14.7. The second-order valence-corrected chi connectivity index (χ2v) is 7.05. The standard InChI is InChI=1S/C23H27N3O2/c24-13-4-5-15-28-21-11-6-8-19(16-21)17-25-22(20-9-2-1-3-10-20)18-26-14-7-12-23(26)27/h1-3,6,8-11,16,22,25H,4-5,7,12,14-15,17-18H2. The number of nitriles is 1. The van der Waals surface area contributed by atoms with Crippen LogP contribution in [0.25, 0.3) is 0 Å². The van der Waals surface area contributed by atoms with Crippen molar-refractivity contribution in [1.82, 2.24) is 10.2 Å². The summed E-state index contributed by atoms with van der Waals surface area (Å²) in [4.78, 5) is 14.0. The van der Waals surface area contributed by atoms with E-state index in [1.807, 2.05) is 41.3 Å². The Morgan fingerprint density at radius 2 is 2.04 bits per heavy atom. The van der Waals surface area contributed by atoms with E-state index in [1.54, 1.807) is 0 Å². The van der Waals surface area contributed by atoms with Crippen molar-refractivity contribution in [3.8, 4) is 11.8 Å². The number of hydrogen-bond acceptors (Lipinski definition) is 4. The van der Waals surface area contributed by atoms with Gasteiger partial charge in [-0.1, -0.05) is 42.5 Å². The number of carbonyl (C=O) groups excluding carboxylic acids is 1. The average molecular weight is 377 g/mol. The third-order valence-corrected chi connectivity index (χ3v) is 4.93. The fraction of sp³-hybridized carbons (Fsp3) is 0.391. The highest BCUT2D eigenvalue weighted by molar-refractivity contribution is 5.78. The van der Waals surface area contributed by atoms with E-state index in [9.17, 15) is 4.79 Å². The van der Waals surface area contributed by atoms with Gasteiger partial charge in [0.05, 0.1) is 18.7 Å². The van der Waals surface area contributed by atoms with Crippen molar-refractivity contribution >= 4 is 5.91 Å². The predicted octanol–water partition coefficient (Wildman–Crippen LogP) is 3.82. The number of hydrogen-bond donors (Lipinski definition) is 1. The number of nitrogens with one attached hydrogen (secondary N) is 1. The van der Waals surface area contributed by atoms with Gasteiger partial charge in [0.25, 0.3) is 0 Å². The molecular weight excluding hydrogens is 350 g/mol. The fourth-order valence-corrected chi connectivity index (χ4v) is 3.42. The smallest absolute Gasteiger partial charge is 0.222 e. The summed E-state index contributed by atoms with van der Waals surface area (Å²) in [7, 11) is 0. The van der Waals surface area contributed by atoms with E-state index < -0.39 is 0 Å². The third-order valence-electron chi connectivity index (χ3n) is 4.93. The van der Waals surface area contributed by atoms with Gasteiger partial charge in [0.1, 0.15) is 5.75 Å². The zero-order valence-electron chi connectivity index (χ0n) is 16.1. The van der Waals surface area contributed by atoms with Gasteiger partial charge in [-0.15, -0.1) is 0 Å². The molecule has 1 saturated heterocycles. The van der Waals surface area contributed by atoms with Gasteiger partial charge < -0.3 is 15.0 Å². The number of rotatable bonds is 10. The summed E-state index contributed by atoms with van der Waals surface area (Å²) in [5, 5.41) is 12.2. The van der Waals surface area contributed by atoms with E-state index in [0.717, 1.165) is 30.7 Å². The van der Waals surface area contributed by atoms with E-state index in [-0.39, 0.29) is 11.9 Å². The van der Waals surface area contributed by atoms with Crippen LogP contribution in [0, 0.1) is 11.3 Å². The minimum atomic E-state index is 0.0865. The molecule has 1 aliphatic heterocycles. The number of unbranched alkanes of at least 4 members (excludes halogenated alkanes) is 1. The van der Waals surface area contributed by atoms with Crippen molar-refractivity contribution in [3.63, 3.8) is 0 Å². The molecule has 0 radical (unpaired) electrons. The molecule has 2 aromatic rings. The summed E-state index contributed by atoms with van der Waals surface area (Å²) in [6.07, 6.45) is 2.85. The second-order valence-electron chi connectivity index (χ2n) is 7.05. The molecular formula is C23H27N3O2. The molecule has 5 heteroatoms. The largest absolute Gasteiger partial charge is 0.494 e. The minimum absolute atomic E-state index is 0.0865. The van der Waals surface area contributed by atoms with Crippen LogP contribution in [-0.4, -0.2) is 30.5 Å². The fourth-order valence-electron chi connectivity index (χ4n) is 3.42. The molecule has 1 N–H and O–H groups in total. The zero-order chi connectivity index (χ0) is 19.6. The molecule has 146 valence electrons. The van der Waals surface area contributed by atoms with Crippen molar-refractivity contribution in [2.45, 2.75) is 38.3 Å². The van der Waals surface area contributed by atoms with Crippen molar-refractivity contribution in [3.05, 3.63) is 65.7 Å². The number of carbonyl (C=O) groups is 1. The highest BCUT2D eigenvalue weighted by Crippen LogP contribution is 2.20. The molecule has 3 rings (SSSR count). The van der Waals surface area contributed by atoms with Crippen molar-refractivity contribution in [2.24, 2.45) is 0 Å². The van der Waals surface area contributed by atoms with Gasteiger partial charge >= 0.3 is 0 Å². The molecule has 28 heavy (non-hydrogen) atoms. The second kappa shape index (κ2) is 10.5. The number of nitrogens with zero attached hydrogens (tertiary/aromatic N) is 2. The van der Waals surface area contributed by atoms with Crippen LogP contribution in [0.15, 0.2) is 54.6 Å². The first-order valence-corrected chi connectivity index (χ1v) is 9.91. The zero-order valence-corrected chi connectivity index (χ0v) is 16.1. The number of likely N-dealkylation sites (tertiary alicyclic amines) is 1. The molecule has 0 aliphatic carbocycles. The number of benzene rings is 2. The highest BCUT2D eigenvalue weighted by Gasteiger charge is 2.24. The number of ether oxygens (including phenoxy) is 1. The third kappa shape index (κ3) is 5.83. The molecule has 1 heterocycles. The lowest BCUT2D eigenvalue weighted by atomic mass is 10.1. The molecule has 2 aromatic carbocycles. The Balaban J connectivity index is 1.61. The topological polar surface area (TPSA) is 65.4 Å². The molecule has 5 nitrogen and oxygen atoms in total. The summed E-state index contributed by atoms with van der Waals surface area (Å²) in [5.74, 6) is 1.07. The monoisotopic (exact) mass is 377 g/mol. The van der Waals surface area contributed by atoms with E-state index >= 15 is 0 Å². The van der Waals surface area contributed by atoms with Crippen molar-refractivity contribution in [1.29, 1.82) is 5.26 Å². The molecule has 0 bridgehead atoms. The van der Waals surface area contributed by atoms with Gasteiger partial charge in [-0.05, 0) is 36.1 Å².